The van der Waals surface area contributed by atoms with Crippen molar-refractivity contribution in [2.45, 2.75) is 12.8 Å². The van der Waals surface area contributed by atoms with Crippen LogP contribution in [0.4, 0.5) is 19.0 Å². The van der Waals surface area contributed by atoms with Crippen molar-refractivity contribution < 1.29 is 22.8 Å². The number of nitrogens with one attached hydrogen (secondary N) is 1. The van der Waals surface area contributed by atoms with Gasteiger partial charge in [-0.3, -0.25) is 9.59 Å². The van der Waals surface area contributed by atoms with Crippen LogP contribution in [0.5, 0.6) is 0 Å². The molecule has 1 saturated heterocycles. The van der Waals surface area contributed by atoms with E-state index in [2.05, 4.69) is 15.5 Å². The topological polar surface area (TPSA) is 75.2 Å². The molecule has 9 heteroatoms. The molecule has 1 aromatic carbocycles. The number of hydrogen-bond donors (Lipinski definition) is 1. The molecule has 1 fully saturated rings. The minimum absolute atomic E-state index is 0.188. The summed E-state index contributed by atoms with van der Waals surface area (Å²) >= 11 is 0. The fourth-order valence-electron chi connectivity index (χ4n) is 3.10. The molecule has 0 radical (unpaired) electrons. The summed E-state index contributed by atoms with van der Waals surface area (Å²) in [4.78, 5) is 25.8. The number of amides is 1. The van der Waals surface area contributed by atoms with E-state index >= 15 is 0 Å². The Hall–Kier alpha value is -2.97. The van der Waals surface area contributed by atoms with Crippen LogP contribution in [0.15, 0.2) is 24.3 Å². The van der Waals surface area contributed by atoms with E-state index in [1.807, 2.05) is 4.90 Å². The summed E-state index contributed by atoms with van der Waals surface area (Å²) in [6.07, 6.45) is 0.738. The van der Waals surface area contributed by atoms with Crippen LogP contribution in [0.1, 0.15) is 33.7 Å². The molecular weight excluding hydrogens is 361 g/mol. The minimum Gasteiger partial charge on any atom is -0.355 e. The van der Waals surface area contributed by atoms with Crippen LogP contribution >= 0.6 is 0 Å². The highest BCUT2D eigenvalue weighted by molar-refractivity contribution is 5.98. The number of Topliss-reactive ketones (excluding diaryl/α,β-unsaturated/α-hetero) is 1. The molecule has 1 N–H and O–H groups in total. The van der Waals surface area contributed by atoms with E-state index in [1.54, 1.807) is 12.1 Å². The maximum atomic E-state index is 13.8. The highest BCUT2D eigenvalue weighted by Gasteiger charge is 2.30. The summed E-state index contributed by atoms with van der Waals surface area (Å²) in [5, 5.41) is 10.3. The Morgan fingerprint density at radius 1 is 1.07 bits per heavy atom. The number of carbonyl (C=O) groups excluding carboxylic acids is 2. The Balaban J connectivity index is 1.67. The van der Waals surface area contributed by atoms with E-state index in [0.717, 1.165) is 0 Å². The lowest BCUT2D eigenvalue weighted by Gasteiger charge is -2.31. The molecule has 1 aromatic heterocycles. The van der Waals surface area contributed by atoms with Gasteiger partial charge >= 0.3 is 0 Å². The summed E-state index contributed by atoms with van der Waals surface area (Å²) < 4.78 is 40.7. The Morgan fingerprint density at radius 3 is 2.22 bits per heavy atom. The van der Waals surface area contributed by atoms with Crippen LogP contribution < -0.4 is 10.2 Å². The van der Waals surface area contributed by atoms with Crippen molar-refractivity contribution in [2.75, 3.05) is 25.0 Å². The van der Waals surface area contributed by atoms with Crippen LogP contribution in [-0.2, 0) is 0 Å². The number of ketones is 1. The van der Waals surface area contributed by atoms with Gasteiger partial charge in [0.05, 0.1) is 5.56 Å². The van der Waals surface area contributed by atoms with Gasteiger partial charge in [-0.2, -0.15) is 0 Å². The van der Waals surface area contributed by atoms with Gasteiger partial charge in [0.25, 0.3) is 5.91 Å². The van der Waals surface area contributed by atoms with Crippen molar-refractivity contribution in [3.8, 4) is 0 Å². The number of piperidine rings is 1. The second-order valence-corrected chi connectivity index (χ2v) is 6.23. The maximum Gasteiger partial charge on any atom is 0.271 e. The molecule has 1 aliphatic rings. The maximum absolute atomic E-state index is 13.8. The summed E-state index contributed by atoms with van der Waals surface area (Å²) in [7, 11) is 1.49. The first-order valence-corrected chi connectivity index (χ1v) is 8.40. The average Bonchev–Trinajstić information content (AvgIpc) is 2.66. The SMILES string of the molecule is CNC(=O)c1ccc(N2CCC(C(=O)c3c(F)cc(F)cc3F)CC2)nn1. The molecule has 27 heavy (non-hydrogen) atoms. The van der Waals surface area contributed by atoms with Crippen molar-refractivity contribution in [3.05, 3.63) is 53.0 Å². The van der Waals surface area contributed by atoms with Crippen molar-refractivity contribution in [1.82, 2.24) is 15.5 Å². The van der Waals surface area contributed by atoms with E-state index < -0.39 is 34.7 Å². The number of anilines is 1. The third-order valence-electron chi connectivity index (χ3n) is 4.55. The first-order valence-electron chi connectivity index (χ1n) is 8.40. The van der Waals surface area contributed by atoms with Gasteiger partial charge in [-0.05, 0) is 25.0 Å². The largest absolute Gasteiger partial charge is 0.355 e. The van der Waals surface area contributed by atoms with Crippen LogP contribution in [0, 0.1) is 23.4 Å². The van der Waals surface area contributed by atoms with Gasteiger partial charge in [0.15, 0.2) is 17.3 Å². The van der Waals surface area contributed by atoms with Gasteiger partial charge in [-0.15, -0.1) is 10.2 Å². The molecule has 142 valence electrons. The first-order chi connectivity index (χ1) is 12.9. The highest BCUT2D eigenvalue weighted by atomic mass is 19.1. The number of rotatable bonds is 4. The highest BCUT2D eigenvalue weighted by Crippen LogP contribution is 2.27. The van der Waals surface area contributed by atoms with Gasteiger partial charge in [0, 0.05) is 38.2 Å². The van der Waals surface area contributed by atoms with Crippen LogP contribution in [0.3, 0.4) is 0 Å². The van der Waals surface area contributed by atoms with Gasteiger partial charge in [-0.25, -0.2) is 13.2 Å². The Kier molecular flexibility index (Phi) is 5.38. The predicted molar refractivity (Wildman–Crippen MR) is 91.0 cm³/mol. The zero-order valence-corrected chi connectivity index (χ0v) is 14.5. The number of aromatic nitrogens is 2. The molecule has 1 aliphatic heterocycles. The summed E-state index contributed by atoms with van der Waals surface area (Å²) in [6.45, 7) is 0.879. The second-order valence-electron chi connectivity index (χ2n) is 6.23. The van der Waals surface area contributed by atoms with Crippen molar-refractivity contribution in [3.63, 3.8) is 0 Å². The third-order valence-corrected chi connectivity index (χ3v) is 4.55. The van der Waals surface area contributed by atoms with E-state index in [1.165, 1.54) is 7.05 Å². The summed E-state index contributed by atoms with van der Waals surface area (Å²) in [5.74, 6) is -4.45. The number of benzene rings is 1. The molecule has 0 bridgehead atoms. The van der Waals surface area contributed by atoms with E-state index in [4.69, 9.17) is 0 Å². The Bertz CT molecular complexity index is 842. The smallest absolute Gasteiger partial charge is 0.271 e. The fraction of sp³-hybridized carbons (Fsp3) is 0.333. The molecular formula is C18H17F3N4O2. The lowest BCUT2D eigenvalue weighted by atomic mass is 9.88. The normalized spacial score (nSPS) is 14.9. The quantitative estimate of drug-likeness (QED) is 0.827. The Labute approximate surface area is 153 Å². The molecule has 2 aromatic rings. The van der Waals surface area contributed by atoms with Gasteiger partial charge < -0.3 is 10.2 Å². The standard InChI is InChI=1S/C18H17F3N4O2/c1-22-18(27)14-2-3-15(24-23-14)25-6-4-10(5-7-25)17(26)16-12(20)8-11(19)9-13(16)21/h2-3,8-10H,4-7H2,1H3,(H,22,27). The lowest BCUT2D eigenvalue weighted by Crippen LogP contribution is -2.37. The van der Waals surface area contributed by atoms with E-state index in [-0.39, 0.29) is 11.6 Å². The molecule has 0 unspecified atom stereocenters. The molecule has 0 spiro atoms. The molecule has 0 aliphatic carbocycles. The predicted octanol–water partition coefficient (Wildman–Crippen LogP) is 2.35. The van der Waals surface area contributed by atoms with Crippen LogP contribution in [0.25, 0.3) is 0 Å². The fourth-order valence-corrected chi connectivity index (χ4v) is 3.10. The average molecular weight is 378 g/mol. The zero-order chi connectivity index (χ0) is 19.6. The molecule has 0 saturated carbocycles. The van der Waals surface area contributed by atoms with Gasteiger partial charge in [0.2, 0.25) is 0 Å². The lowest BCUT2D eigenvalue weighted by molar-refractivity contribution is 0.0890. The third kappa shape index (κ3) is 3.91. The minimum atomic E-state index is -1.18. The van der Waals surface area contributed by atoms with Crippen molar-refractivity contribution in [1.29, 1.82) is 0 Å². The molecule has 1 amide bonds. The number of carbonyl (C=O) groups is 2. The Morgan fingerprint density at radius 2 is 1.70 bits per heavy atom. The number of halogens is 3. The van der Waals surface area contributed by atoms with Gasteiger partial charge in [0.1, 0.15) is 17.5 Å². The van der Waals surface area contributed by atoms with Crippen molar-refractivity contribution in [2.24, 2.45) is 5.92 Å². The molecule has 0 atom stereocenters. The van der Waals surface area contributed by atoms with Crippen LogP contribution in [0.2, 0.25) is 0 Å². The van der Waals surface area contributed by atoms with E-state index in [0.29, 0.717) is 43.9 Å². The molecule has 2 heterocycles. The number of nitrogens with zero attached hydrogens (tertiary/aromatic N) is 3. The van der Waals surface area contributed by atoms with Crippen molar-refractivity contribution >= 4 is 17.5 Å². The monoisotopic (exact) mass is 378 g/mol. The number of hydrogen-bond acceptors (Lipinski definition) is 5. The van der Waals surface area contributed by atoms with Crippen LogP contribution in [-0.4, -0.2) is 42.0 Å². The summed E-state index contributed by atoms with van der Waals surface area (Å²) in [5.41, 5.74) is -0.502. The first kappa shape index (κ1) is 18.8. The van der Waals surface area contributed by atoms with Gasteiger partial charge in [-0.1, -0.05) is 0 Å². The second kappa shape index (κ2) is 7.73. The molecule has 6 nitrogen and oxygen atoms in total. The zero-order valence-electron chi connectivity index (χ0n) is 14.5. The summed E-state index contributed by atoms with van der Waals surface area (Å²) in [6, 6.07) is 4.21. The van der Waals surface area contributed by atoms with E-state index in [9.17, 15) is 22.8 Å². The molecule has 3 rings (SSSR count).